The van der Waals surface area contributed by atoms with Gasteiger partial charge in [0.2, 0.25) is 0 Å². The Morgan fingerprint density at radius 1 is 0.708 bits per heavy atom. The Morgan fingerprint density at radius 3 is 1.79 bits per heavy atom. The fraction of sp³-hybridized carbons (Fsp3) is 0.304. The van der Waals surface area contributed by atoms with Crippen LogP contribution in [0.15, 0.2) is 46.9 Å². The van der Waals surface area contributed by atoms with E-state index in [1.54, 1.807) is 0 Å². The molecule has 3 aromatic rings. The molecule has 0 bridgehead atoms. The van der Waals surface area contributed by atoms with Crippen molar-refractivity contribution < 1.29 is 4.42 Å². The summed E-state index contributed by atoms with van der Waals surface area (Å²) in [6.07, 6.45) is 0. The van der Waals surface area contributed by atoms with Crippen LogP contribution in [-0.4, -0.2) is 0 Å². The van der Waals surface area contributed by atoms with Crippen LogP contribution in [0.1, 0.15) is 56.4 Å². The van der Waals surface area contributed by atoms with Gasteiger partial charge in [0.1, 0.15) is 11.5 Å². The van der Waals surface area contributed by atoms with Crippen molar-refractivity contribution >= 4 is 0 Å². The average molecular weight is 318 g/mol. The first kappa shape index (κ1) is 16.6. The summed E-state index contributed by atoms with van der Waals surface area (Å²) in [7, 11) is 0. The molecule has 0 amide bonds. The minimum Gasteiger partial charge on any atom is -0.466 e. The van der Waals surface area contributed by atoms with Gasteiger partial charge in [0, 0.05) is 11.5 Å². The molecule has 0 N–H and O–H groups in total. The van der Waals surface area contributed by atoms with Gasteiger partial charge in [0.05, 0.1) is 0 Å². The highest BCUT2D eigenvalue weighted by molar-refractivity contribution is 5.51. The van der Waals surface area contributed by atoms with Crippen LogP contribution in [-0.2, 0) is 0 Å². The van der Waals surface area contributed by atoms with Crippen molar-refractivity contribution in [3.05, 3.63) is 92.9 Å². The van der Waals surface area contributed by atoms with E-state index in [1.807, 2.05) is 6.92 Å². The minimum atomic E-state index is 0.212. The van der Waals surface area contributed by atoms with E-state index >= 15 is 0 Å². The molecule has 0 saturated heterocycles. The van der Waals surface area contributed by atoms with Gasteiger partial charge in [0.15, 0.2) is 0 Å². The van der Waals surface area contributed by atoms with Gasteiger partial charge in [-0.3, -0.25) is 0 Å². The van der Waals surface area contributed by atoms with Crippen LogP contribution in [0, 0.1) is 41.5 Å². The fourth-order valence-corrected chi connectivity index (χ4v) is 3.84. The van der Waals surface area contributed by atoms with E-state index < -0.39 is 0 Å². The van der Waals surface area contributed by atoms with E-state index in [4.69, 9.17) is 4.42 Å². The third kappa shape index (κ3) is 3.03. The highest BCUT2D eigenvalue weighted by Gasteiger charge is 2.24. The summed E-state index contributed by atoms with van der Waals surface area (Å²) < 4.78 is 5.87. The SMILES string of the molecule is Cc1ccc(C(c2cc(C)oc2C)c2c(C)cc(C)cc2C)cc1. The van der Waals surface area contributed by atoms with Gasteiger partial charge in [-0.25, -0.2) is 0 Å². The maximum absolute atomic E-state index is 5.87. The van der Waals surface area contributed by atoms with E-state index in [9.17, 15) is 0 Å². The highest BCUT2D eigenvalue weighted by atomic mass is 16.3. The smallest absolute Gasteiger partial charge is 0.105 e. The minimum absolute atomic E-state index is 0.212. The Hall–Kier alpha value is -2.28. The lowest BCUT2D eigenvalue weighted by Crippen LogP contribution is -2.08. The maximum Gasteiger partial charge on any atom is 0.105 e. The molecule has 0 spiro atoms. The Kier molecular flexibility index (Phi) is 4.36. The molecule has 0 aliphatic heterocycles. The Labute approximate surface area is 145 Å². The first-order valence-corrected chi connectivity index (χ1v) is 8.58. The molecule has 0 radical (unpaired) electrons. The van der Waals surface area contributed by atoms with Gasteiger partial charge in [-0.2, -0.15) is 0 Å². The summed E-state index contributed by atoms with van der Waals surface area (Å²) in [6, 6.07) is 15.7. The summed E-state index contributed by atoms with van der Waals surface area (Å²) in [5, 5.41) is 0. The predicted molar refractivity (Wildman–Crippen MR) is 101 cm³/mol. The van der Waals surface area contributed by atoms with E-state index in [-0.39, 0.29) is 5.92 Å². The maximum atomic E-state index is 5.87. The summed E-state index contributed by atoms with van der Waals surface area (Å²) in [5.41, 5.74) is 9.28. The summed E-state index contributed by atoms with van der Waals surface area (Å²) >= 11 is 0. The number of rotatable bonds is 3. The fourth-order valence-electron chi connectivity index (χ4n) is 3.84. The standard InChI is InChI=1S/C23H26O/c1-14-7-9-20(10-8-14)23(21-13-18(5)24-19(21)6)22-16(3)11-15(2)12-17(22)4/h7-13,23H,1-6H3. The Bertz CT molecular complexity index is 843. The van der Waals surface area contributed by atoms with E-state index in [2.05, 4.69) is 77.1 Å². The zero-order valence-electron chi connectivity index (χ0n) is 15.5. The molecular weight excluding hydrogens is 292 g/mol. The summed E-state index contributed by atoms with van der Waals surface area (Å²) in [5.74, 6) is 2.20. The van der Waals surface area contributed by atoms with Gasteiger partial charge in [-0.05, 0) is 69.9 Å². The lowest BCUT2D eigenvalue weighted by atomic mass is 9.80. The molecule has 24 heavy (non-hydrogen) atoms. The first-order chi connectivity index (χ1) is 11.4. The molecule has 1 heterocycles. The number of benzene rings is 2. The zero-order valence-corrected chi connectivity index (χ0v) is 15.5. The average Bonchev–Trinajstić information content (AvgIpc) is 2.82. The van der Waals surface area contributed by atoms with Crippen LogP contribution in [0.2, 0.25) is 0 Å². The molecule has 1 unspecified atom stereocenters. The molecule has 1 nitrogen and oxygen atoms in total. The van der Waals surface area contributed by atoms with Gasteiger partial charge in [0.25, 0.3) is 0 Å². The van der Waals surface area contributed by atoms with Crippen molar-refractivity contribution in [1.82, 2.24) is 0 Å². The van der Waals surface area contributed by atoms with Gasteiger partial charge in [-0.1, -0.05) is 47.5 Å². The number of hydrogen-bond donors (Lipinski definition) is 0. The Morgan fingerprint density at radius 2 is 1.29 bits per heavy atom. The van der Waals surface area contributed by atoms with Gasteiger partial charge < -0.3 is 4.42 Å². The van der Waals surface area contributed by atoms with E-state index in [1.165, 1.54) is 38.9 Å². The van der Waals surface area contributed by atoms with Crippen LogP contribution < -0.4 is 0 Å². The van der Waals surface area contributed by atoms with Gasteiger partial charge in [-0.15, -0.1) is 0 Å². The quantitative estimate of drug-likeness (QED) is 0.551. The third-order valence-electron chi connectivity index (χ3n) is 4.83. The number of aryl methyl sites for hydroxylation is 6. The Balaban J connectivity index is 2.27. The van der Waals surface area contributed by atoms with Crippen LogP contribution in [0.5, 0.6) is 0 Å². The monoisotopic (exact) mass is 318 g/mol. The van der Waals surface area contributed by atoms with Crippen molar-refractivity contribution in [3.8, 4) is 0 Å². The topological polar surface area (TPSA) is 13.1 Å². The van der Waals surface area contributed by atoms with Crippen molar-refractivity contribution in [1.29, 1.82) is 0 Å². The molecule has 3 rings (SSSR count). The molecule has 124 valence electrons. The number of furan rings is 1. The van der Waals surface area contributed by atoms with Crippen molar-refractivity contribution in [2.75, 3.05) is 0 Å². The zero-order chi connectivity index (χ0) is 17.4. The van der Waals surface area contributed by atoms with Crippen molar-refractivity contribution in [2.45, 2.75) is 47.5 Å². The van der Waals surface area contributed by atoms with Gasteiger partial charge >= 0.3 is 0 Å². The molecule has 0 aliphatic carbocycles. The lowest BCUT2D eigenvalue weighted by molar-refractivity contribution is 0.500. The van der Waals surface area contributed by atoms with E-state index in [0.29, 0.717) is 0 Å². The second-order valence-electron chi connectivity index (χ2n) is 7.02. The van der Waals surface area contributed by atoms with Crippen molar-refractivity contribution in [2.24, 2.45) is 0 Å². The molecule has 0 aliphatic rings. The van der Waals surface area contributed by atoms with Crippen LogP contribution >= 0.6 is 0 Å². The lowest BCUT2D eigenvalue weighted by Gasteiger charge is -2.23. The molecule has 1 aromatic heterocycles. The first-order valence-electron chi connectivity index (χ1n) is 8.58. The molecule has 2 aromatic carbocycles. The highest BCUT2D eigenvalue weighted by Crippen LogP contribution is 2.38. The summed E-state index contributed by atoms with van der Waals surface area (Å²) in [6.45, 7) is 12.8. The van der Waals surface area contributed by atoms with Crippen LogP contribution in [0.3, 0.4) is 0 Å². The molecule has 0 fully saturated rings. The second kappa shape index (κ2) is 6.32. The third-order valence-corrected chi connectivity index (χ3v) is 4.83. The predicted octanol–water partition coefficient (Wildman–Crippen LogP) is 6.31. The second-order valence-corrected chi connectivity index (χ2v) is 7.02. The molecule has 0 saturated carbocycles. The van der Waals surface area contributed by atoms with E-state index in [0.717, 1.165) is 11.5 Å². The van der Waals surface area contributed by atoms with Crippen LogP contribution in [0.25, 0.3) is 0 Å². The van der Waals surface area contributed by atoms with Crippen molar-refractivity contribution in [3.63, 3.8) is 0 Å². The number of hydrogen-bond acceptors (Lipinski definition) is 1. The molecule has 1 atom stereocenters. The molecular formula is C23H26O. The summed E-state index contributed by atoms with van der Waals surface area (Å²) in [4.78, 5) is 0. The van der Waals surface area contributed by atoms with Crippen LogP contribution in [0.4, 0.5) is 0 Å². The molecule has 1 heteroatoms. The largest absolute Gasteiger partial charge is 0.466 e. The normalized spacial score (nSPS) is 12.4.